The van der Waals surface area contributed by atoms with Crippen LogP contribution in [0.4, 0.5) is 0 Å². The third-order valence-corrected chi connectivity index (χ3v) is 5.05. The van der Waals surface area contributed by atoms with Crippen LogP contribution in [0.2, 0.25) is 0 Å². The number of nitriles is 1. The highest BCUT2D eigenvalue weighted by Gasteiger charge is 2.40. The zero-order valence-electron chi connectivity index (χ0n) is 10.2. The van der Waals surface area contributed by atoms with Gasteiger partial charge in [0, 0.05) is 11.3 Å². The molecule has 2 fully saturated rings. The van der Waals surface area contributed by atoms with E-state index in [-0.39, 0.29) is 5.54 Å². The molecule has 2 aliphatic carbocycles. The number of rotatable bonds is 5. The Labute approximate surface area is 103 Å². The Kier molecular flexibility index (Phi) is 4.16. The number of hydrogen-bond donors (Lipinski definition) is 1. The lowest BCUT2D eigenvalue weighted by Crippen LogP contribution is -2.49. The van der Waals surface area contributed by atoms with Crippen molar-refractivity contribution in [1.82, 2.24) is 5.32 Å². The Morgan fingerprint density at radius 1 is 1.44 bits per heavy atom. The van der Waals surface area contributed by atoms with Crippen LogP contribution in [0.15, 0.2) is 0 Å². The number of hydrogen-bond acceptors (Lipinski definition) is 3. The van der Waals surface area contributed by atoms with Crippen molar-refractivity contribution in [3.05, 3.63) is 0 Å². The van der Waals surface area contributed by atoms with Crippen LogP contribution in [-0.2, 0) is 0 Å². The molecule has 2 atom stereocenters. The lowest BCUT2D eigenvalue weighted by Gasteiger charge is -2.36. The molecule has 0 spiro atoms. The van der Waals surface area contributed by atoms with Crippen molar-refractivity contribution >= 4 is 11.8 Å². The molecule has 90 valence electrons. The fourth-order valence-corrected chi connectivity index (χ4v) is 3.84. The number of nitrogens with one attached hydrogen (secondary N) is 1. The molecule has 3 heteroatoms. The second-order valence-corrected chi connectivity index (χ2v) is 6.61. The molecule has 0 aromatic heterocycles. The Morgan fingerprint density at radius 3 is 2.88 bits per heavy atom. The molecular formula is C13H22N2S. The van der Waals surface area contributed by atoms with Gasteiger partial charge in [-0.3, -0.25) is 5.32 Å². The van der Waals surface area contributed by atoms with E-state index in [2.05, 4.69) is 30.1 Å². The predicted molar refractivity (Wildman–Crippen MR) is 69.5 cm³/mol. The van der Waals surface area contributed by atoms with Crippen LogP contribution in [-0.4, -0.2) is 22.6 Å². The lowest BCUT2D eigenvalue weighted by atomic mass is 9.82. The molecule has 2 saturated carbocycles. The Hall–Kier alpha value is -0.200. The van der Waals surface area contributed by atoms with Crippen molar-refractivity contribution in [2.45, 2.75) is 68.7 Å². The maximum Gasteiger partial charge on any atom is 0.108 e. The van der Waals surface area contributed by atoms with Crippen LogP contribution in [0.3, 0.4) is 0 Å². The molecule has 0 aliphatic heterocycles. The molecule has 0 heterocycles. The van der Waals surface area contributed by atoms with E-state index in [1.807, 2.05) is 0 Å². The highest BCUT2D eigenvalue weighted by atomic mass is 32.2. The molecule has 0 aromatic rings. The van der Waals surface area contributed by atoms with E-state index in [0.717, 1.165) is 12.8 Å². The van der Waals surface area contributed by atoms with Gasteiger partial charge >= 0.3 is 0 Å². The molecule has 2 nitrogen and oxygen atoms in total. The van der Waals surface area contributed by atoms with E-state index in [0.29, 0.717) is 11.3 Å². The molecule has 0 amide bonds. The highest BCUT2D eigenvalue weighted by Crippen LogP contribution is 2.37. The smallest absolute Gasteiger partial charge is 0.108 e. The van der Waals surface area contributed by atoms with Crippen LogP contribution >= 0.6 is 11.8 Å². The fourth-order valence-electron chi connectivity index (χ4n) is 2.53. The SMILES string of the molecule is CCCSC1CCCC(C#N)(NC2CC2)C1. The van der Waals surface area contributed by atoms with E-state index < -0.39 is 0 Å². The summed E-state index contributed by atoms with van der Waals surface area (Å²) in [6.07, 6.45) is 8.44. The fraction of sp³-hybridized carbons (Fsp3) is 0.923. The van der Waals surface area contributed by atoms with E-state index in [4.69, 9.17) is 0 Å². The third-order valence-electron chi connectivity index (χ3n) is 3.54. The molecule has 0 bridgehead atoms. The van der Waals surface area contributed by atoms with Crippen molar-refractivity contribution in [3.63, 3.8) is 0 Å². The van der Waals surface area contributed by atoms with Gasteiger partial charge in [0.25, 0.3) is 0 Å². The van der Waals surface area contributed by atoms with E-state index in [1.54, 1.807) is 0 Å². The summed E-state index contributed by atoms with van der Waals surface area (Å²) in [4.78, 5) is 0. The van der Waals surface area contributed by atoms with Gasteiger partial charge in [-0.05, 0) is 50.7 Å². The van der Waals surface area contributed by atoms with Crippen molar-refractivity contribution in [3.8, 4) is 6.07 Å². The minimum Gasteiger partial charge on any atom is -0.297 e. The summed E-state index contributed by atoms with van der Waals surface area (Å²) in [5.41, 5.74) is -0.190. The molecule has 0 aromatic carbocycles. The van der Waals surface area contributed by atoms with Crippen molar-refractivity contribution in [1.29, 1.82) is 5.26 Å². The summed E-state index contributed by atoms with van der Waals surface area (Å²) >= 11 is 2.07. The maximum absolute atomic E-state index is 9.44. The van der Waals surface area contributed by atoms with Gasteiger partial charge < -0.3 is 0 Å². The van der Waals surface area contributed by atoms with Gasteiger partial charge in [-0.2, -0.15) is 17.0 Å². The zero-order valence-corrected chi connectivity index (χ0v) is 11.0. The minimum atomic E-state index is -0.190. The van der Waals surface area contributed by atoms with Crippen molar-refractivity contribution in [2.24, 2.45) is 0 Å². The van der Waals surface area contributed by atoms with Crippen molar-refractivity contribution < 1.29 is 0 Å². The molecule has 2 aliphatic rings. The minimum absolute atomic E-state index is 0.190. The Bertz CT molecular complexity index is 270. The van der Waals surface area contributed by atoms with Gasteiger partial charge in [0.2, 0.25) is 0 Å². The lowest BCUT2D eigenvalue weighted by molar-refractivity contribution is 0.301. The van der Waals surface area contributed by atoms with Crippen LogP contribution in [0, 0.1) is 11.3 Å². The van der Waals surface area contributed by atoms with E-state index >= 15 is 0 Å². The largest absolute Gasteiger partial charge is 0.297 e. The number of nitrogens with zero attached hydrogens (tertiary/aromatic N) is 1. The molecule has 2 rings (SSSR count). The molecular weight excluding hydrogens is 216 g/mol. The standard InChI is InChI=1S/C13H22N2S/c1-2-8-16-12-4-3-7-13(9-12,10-14)15-11-5-6-11/h11-12,15H,2-9H2,1H3. The van der Waals surface area contributed by atoms with Crippen molar-refractivity contribution in [2.75, 3.05) is 5.75 Å². The van der Waals surface area contributed by atoms with Gasteiger partial charge in [0.05, 0.1) is 6.07 Å². The summed E-state index contributed by atoms with van der Waals surface area (Å²) in [6.45, 7) is 2.23. The topological polar surface area (TPSA) is 35.8 Å². The van der Waals surface area contributed by atoms with Gasteiger partial charge in [0.15, 0.2) is 0 Å². The summed E-state index contributed by atoms with van der Waals surface area (Å²) in [6, 6.07) is 3.22. The summed E-state index contributed by atoms with van der Waals surface area (Å²) in [5, 5.41) is 13.7. The first-order valence-electron chi connectivity index (χ1n) is 6.58. The second kappa shape index (κ2) is 5.42. The molecule has 0 saturated heterocycles. The average Bonchev–Trinajstić information content (AvgIpc) is 3.10. The zero-order chi connectivity index (χ0) is 11.4. The Balaban J connectivity index is 1.89. The average molecular weight is 238 g/mol. The van der Waals surface area contributed by atoms with Gasteiger partial charge in [-0.15, -0.1) is 0 Å². The predicted octanol–water partition coefficient (Wildman–Crippen LogP) is 3.09. The van der Waals surface area contributed by atoms with E-state index in [9.17, 15) is 5.26 Å². The quantitative estimate of drug-likeness (QED) is 0.799. The van der Waals surface area contributed by atoms with Gasteiger partial charge in [-0.1, -0.05) is 6.92 Å². The molecule has 0 radical (unpaired) electrons. The first-order chi connectivity index (χ1) is 7.78. The second-order valence-electron chi connectivity index (χ2n) is 5.20. The van der Waals surface area contributed by atoms with E-state index in [1.165, 1.54) is 37.9 Å². The number of thioether (sulfide) groups is 1. The first-order valence-corrected chi connectivity index (χ1v) is 7.63. The van der Waals surface area contributed by atoms with Gasteiger partial charge in [-0.25, -0.2) is 0 Å². The van der Waals surface area contributed by atoms with Crippen LogP contribution in [0.1, 0.15) is 51.9 Å². The van der Waals surface area contributed by atoms with Gasteiger partial charge in [0.1, 0.15) is 5.54 Å². The normalized spacial score (nSPS) is 34.6. The Morgan fingerprint density at radius 2 is 2.25 bits per heavy atom. The third kappa shape index (κ3) is 3.15. The molecule has 1 N–H and O–H groups in total. The molecule has 2 unspecified atom stereocenters. The van der Waals surface area contributed by atoms with Crippen LogP contribution in [0.25, 0.3) is 0 Å². The van der Waals surface area contributed by atoms with Crippen LogP contribution < -0.4 is 5.32 Å². The molecule has 16 heavy (non-hydrogen) atoms. The summed E-state index contributed by atoms with van der Waals surface area (Å²) in [5.74, 6) is 1.25. The maximum atomic E-state index is 9.44. The summed E-state index contributed by atoms with van der Waals surface area (Å²) in [7, 11) is 0. The summed E-state index contributed by atoms with van der Waals surface area (Å²) < 4.78 is 0. The first kappa shape index (κ1) is 12.3. The highest BCUT2D eigenvalue weighted by molar-refractivity contribution is 7.99. The van der Waals surface area contributed by atoms with Crippen LogP contribution in [0.5, 0.6) is 0 Å². The monoisotopic (exact) mass is 238 g/mol.